The van der Waals surface area contributed by atoms with Gasteiger partial charge in [-0.05, 0) is 78.9 Å². The number of rotatable bonds is 12. The minimum absolute atomic E-state index is 0.0385. The minimum atomic E-state index is -0.991. The van der Waals surface area contributed by atoms with Gasteiger partial charge in [-0.25, -0.2) is 8.78 Å². The molecule has 41 heavy (non-hydrogen) atoms. The van der Waals surface area contributed by atoms with E-state index < -0.39 is 47.6 Å². The average molecular weight is 566 g/mol. The zero-order valence-corrected chi connectivity index (χ0v) is 22.3. The Labute approximate surface area is 235 Å². The van der Waals surface area contributed by atoms with E-state index in [4.69, 9.17) is 14.6 Å². The van der Waals surface area contributed by atoms with Crippen LogP contribution in [-0.2, 0) is 23.9 Å². The summed E-state index contributed by atoms with van der Waals surface area (Å²) in [6.45, 7) is 1.28. The number of ether oxygens (including phenoxy) is 2. The molecule has 8 nitrogen and oxygen atoms in total. The molecule has 1 N–H and O–H groups in total. The third kappa shape index (κ3) is 7.53. The maximum atomic E-state index is 13.6. The highest BCUT2D eigenvalue weighted by atomic mass is 19.1. The summed E-state index contributed by atoms with van der Waals surface area (Å²) in [5, 5.41) is 8.73. The summed E-state index contributed by atoms with van der Waals surface area (Å²) in [4.78, 5) is 49.4. The normalized spacial score (nSPS) is 17.0. The SMILES string of the molecule is CC(=O)OC(CCC1C(=O)N(c2ccc(F)cc2)C1c1ccc(OC(=O)CCCC(=O)O)cc1)c1ccc(F)cc1. The number of nitrogens with zero attached hydrogens (tertiary/aromatic N) is 1. The number of hydrogen-bond acceptors (Lipinski definition) is 6. The van der Waals surface area contributed by atoms with E-state index in [0.29, 0.717) is 24.1 Å². The molecule has 3 aromatic carbocycles. The number of benzene rings is 3. The standard InChI is InChI=1S/C31H29F2NO7/c1-19(35)40-27(20-5-9-22(32)10-6-20)18-17-26-30(34(31(26)39)24-13-11-23(33)12-14-24)21-7-15-25(16-8-21)41-29(38)4-2-3-28(36)37/h5-16,26-27,30H,2-4,17-18H2,1H3,(H,36,37). The second kappa shape index (κ2) is 13.2. The highest BCUT2D eigenvalue weighted by molar-refractivity contribution is 6.03. The largest absolute Gasteiger partial charge is 0.481 e. The van der Waals surface area contributed by atoms with Gasteiger partial charge in [0.25, 0.3) is 0 Å². The van der Waals surface area contributed by atoms with Crippen LogP contribution in [0.5, 0.6) is 5.75 Å². The molecule has 10 heteroatoms. The molecule has 3 unspecified atom stereocenters. The monoisotopic (exact) mass is 565 g/mol. The molecule has 4 rings (SSSR count). The van der Waals surface area contributed by atoms with E-state index in [1.54, 1.807) is 29.2 Å². The van der Waals surface area contributed by atoms with Crippen LogP contribution in [0.3, 0.4) is 0 Å². The van der Waals surface area contributed by atoms with Gasteiger partial charge in [0.2, 0.25) is 5.91 Å². The summed E-state index contributed by atoms with van der Waals surface area (Å²) in [7, 11) is 0. The van der Waals surface area contributed by atoms with Gasteiger partial charge in [-0.1, -0.05) is 24.3 Å². The van der Waals surface area contributed by atoms with Crippen molar-refractivity contribution in [3.63, 3.8) is 0 Å². The highest BCUT2D eigenvalue weighted by Gasteiger charge is 2.48. The molecular weight excluding hydrogens is 536 g/mol. The number of carbonyl (C=O) groups is 4. The van der Waals surface area contributed by atoms with Gasteiger partial charge in [0.15, 0.2) is 0 Å². The lowest BCUT2D eigenvalue weighted by atomic mass is 9.78. The molecule has 1 fully saturated rings. The van der Waals surface area contributed by atoms with Crippen LogP contribution in [-0.4, -0.2) is 28.9 Å². The van der Waals surface area contributed by atoms with Crippen molar-refractivity contribution < 1.29 is 42.5 Å². The summed E-state index contributed by atoms with van der Waals surface area (Å²) in [5.41, 5.74) is 1.87. The summed E-state index contributed by atoms with van der Waals surface area (Å²) in [5.74, 6) is -3.32. The zero-order valence-electron chi connectivity index (χ0n) is 22.3. The second-order valence-corrected chi connectivity index (χ2v) is 9.75. The van der Waals surface area contributed by atoms with Crippen molar-refractivity contribution in [2.45, 2.75) is 51.2 Å². The van der Waals surface area contributed by atoms with Gasteiger partial charge in [0, 0.05) is 25.5 Å². The van der Waals surface area contributed by atoms with Crippen LogP contribution in [0.25, 0.3) is 0 Å². The molecule has 0 aliphatic carbocycles. The van der Waals surface area contributed by atoms with Crippen LogP contribution in [0.1, 0.15) is 62.3 Å². The fraction of sp³-hybridized carbons (Fsp3) is 0.290. The molecular formula is C31H29F2NO7. The molecule has 1 amide bonds. The summed E-state index contributed by atoms with van der Waals surface area (Å²) < 4.78 is 37.8. The molecule has 214 valence electrons. The number of amides is 1. The van der Waals surface area contributed by atoms with E-state index in [-0.39, 0.29) is 30.9 Å². The van der Waals surface area contributed by atoms with E-state index in [1.165, 1.54) is 55.5 Å². The molecule has 0 spiro atoms. The number of carboxylic acids is 1. The third-order valence-corrected chi connectivity index (χ3v) is 6.83. The molecule has 1 saturated heterocycles. The predicted molar refractivity (Wildman–Crippen MR) is 144 cm³/mol. The first-order chi connectivity index (χ1) is 19.6. The smallest absolute Gasteiger partial charge is 0.311 e. The molecule has 3 aromatic rings. The van der Waals surface area contributed by atoms with Crippen molar-refractivity contribution in [2.24, 2.45) is 5.92 Å². The Balaban J connectivity index is 1.52. The van der Waals surface area contributed by atoms with Gasteiger partial charge in [-0.2, -0.15) is 0 Å². The van der Waals surface area contributed by atoms with Crippen molar-refractivity contribution in [2.75, 3.05) is 4.90 Å². The molecule has 0 radical (unpaired) electrons. The first-order valence-corrected chi connectivity index (χ1v) is 13.2. The van der Waals surface area contributed by atoms with Crippen molar-refractivity contribution in [1.82, 2.24) is 0 Å². The van der Waals surface area contributed by atoms with Crippen LogP contribution in [0.4, 0.5) is 14.5 Å². The Hall–Kier alpha value is -4.60. The van der Waals surface area contributed by atoms with Crippen LogP contribution < -0.4 is 9.64 Å². The van der Waals surface area contributed by atoms with E-state index in [9.17, 15) is 28.0 Å². The molecule has 1 aliphatic rings. The summed E-state index contributed by atoms with van der Waals surface area (Å²) in [6, 6.07) is 17.4. The van der Waals surface area contributed by atoms with E-state index in [1.807, 2.05) is 0 Å². The van der Waals surface area contributed by atoms with Gasteiger partial charge < -0.3 is 19.5 Å². The minimum Gasteiger partial charge on any atom is -0.481 e. The molecule has 1 aliphatic heterocycles. The number of anilines is 1. The highest BCUT2D eigenvalue weighted by Crippen LogP contribution is 2.46. The number of aliphatic carboxylic acids is 1. The maximum absolute atomic E-state index is 13.6. The number of esters is 2. The Kier molecular flexibility index (Phi) is 9.44. The number of hydrogen-bond donors (Lipinski definition) is 1. The topological polar surface area (TPSA) is 110 Å². The quantitative estimate of drug-likeness (QED) is 0.165. The first kappa shape index (κ1) is 29.4. The van der Waals surface area contributed by atoms with Crippen LogP contribution >= 0.6 is 0 Å². The van der Waals surface area contributed by atoms with Crippen molar-refractivity contribution >= 4 is 29.5 Å². The molecule has 1 heterocycles. The Morgan fingerprint density at radius 2 is 1.51 bits per heavy atom. The second-order valence-electron chi connectivity index (χ2n) is 9.75. The van der Waals surface area contributed by atoms with Crippen molar-refractivity contribution in [3.8, 4) is 5.75 Å². The van der Waals surface area contributed by atoms with Gasteiger partial charge in [-0.3, -0.25) is 19.2 Å². The lowest BCUT2D eigenvalue weighted by Crippen LogP contribution is -2.55. The summed E-state index contributed by atoms with van der Waals surface area (Å²) >= 11 is 0. The first-order valence-electron chi connectivity index (χ1n) is 13.2. The number of carboxylic acid groups (broad SMARTS) is 1. The van der Waals surface area contributed by atoms with E-state index >= 15 is 0 Å². The fourth-order valence-corrected chi connectivity index (χ4v) is 4.90. The Bertz CT molecular complexity index is 1390. The third-order valence-electron chi connectivity index (χ3n) is 6.83. The van der Waals surface area contributed by atoms with Crippen LogP contribution in [0, 0.1) is 17.6 Å². The van der Waals surface area contributed by atoms with E-state index in [0.717, 1.165) is 5.56 Å². The van der Waals surface area contributed by atoms with Gasteiger partial charge in [0.05, 0.1) is 12.0 Å². The Morgan fingerprint density at radius 3 is 2.10 bits per heavy atom. The zero-order chi connectivity index (χ0) is 29.5. The van der Waals surface area contributed by atoms with E-state index in [2.05, 4.69) is 0 Å². The maximum Gasteiger partial charge on any atom is 0.311 e. The fourth-order valence-electron chi connectivity index (χ4n) is 4.90. The van der Waals surface area contributed by atoms with Crippen molar-refractivity contribution in [1.29, 1.82) is 0 Å². The van der Waals surface area contributed by atoms with Gasteiger partial charge in [-0.15, -0.1) is 0 Å². The molecule has 3 atom stereocenters. The van der Waals surface area contributed by atoms with Gasteiger partial charge in [0.1, 0.15) is 23.5 Å². The van der Waals surface area contributed by atoms with Gasteiger partial charge >= 0.3 is 17.9 Å². The molecule has 0 saturated carbocycles. The lowest BCUT2D eigenvalue weighted by Gasteiger charge is -2.48. The average Bonchev–Trinajstić information content (AvgIpc) is 2.93. The molecule has 0 bridgehead atoms. The predicted octanol–water partition coefficient (Wildman–Crippen LogP) is 5.91. The number of β-lactam (4-membered cyclic amide) rings is 1. The number of halogens is 2. The number of carbonyl (C=O) groups excluding carboxylic acids is 3. The lowest BCUT2D eigenvalue weighted by molar-refractivity contribution is -0.147. The van der Waals surface area contributed by atoms with Crippen LogP contribution in [0.15, 0.2) is 72.8 Å². The van der Waals surface area contributed by atoms with Crippen LogP contribution in [0.2, 0.25) is 0 Å². The summed E-state index contributed by atoms with van der Waals surface area (Å²) in [6.07, 6.45) is -0.0354. The Morgan fingerprint density at radius 1 is 0.902 bits per heavy atom. The van der Waals surface area contributed by atoms with Crippen molar-refractivity contribution in [3.05, 3.63) is 95.6 Å². The molecule has 0 aromatic heterocycles.